The summed E-state index contributed by atoms with van der Waals surface area (Å²) in [4.78, 5) is 25.9. The Morgan fingerprint density at radius 3 is 2.83 bits per heavy atom. The molecule has 1 aliphatic rings. The summed E-state index contributed by atoms with van der Waals surface area (Å²) < 4.78 is 10.3. The molecule has 1 unspecified atom stereocenters. The van der Waals surface area contributed by atoms with E-state index in [2.05, 4.69) is 0 Å². The molecule has 0 radical (unpaired) electrons. The molecule has 0 N–H and O–H groups in total. The quantitative estimate of drug-likeness (QED) is 0.619. The standard InChI is InChI=1S/C18H23NO4/c1-3-23-16-10-5-4-8-14(16)11-12-17(20)19-13-7-6-9-15(19)18(21)22-2/h4-5,8,10-12,15H,3,6-7,9,13H2,1-2H3/b12-11+. The summed E-state index contributed by atoms with van der Waals surface area (Å²) in [5, 5.41) is 0. The van der Waals surface area contributed by atoms with Crippen LogP contribution in [-0.2, 0) is 14.3 Å². The zero-order chi connectivity index (χ0) is 16.7. The number of benzene rings is 1. The SMILES string of the molecule is CCOc1ccccc1/C=C/C(=O)N1CCCCC1C(=O)OC. The lowest BCUT2D eigenvalue weighted by molar-refractivity contribution is -0.153. The smallest absolute Gasteiger partial charge is 0.328 e. The van der Waals surface area contributed by atoms with E-state index < -0.39 is 6.04 Å². The van der Waals surface area contributed by atoms with E-state index in [1.54, 1.807) is 11.0 Å². The van der Waals surface area contributed by atoms with Gasteiger partial charge in [-0.05, 0) is 38.3 Å². The Bertz CT molecular complexity index is 582. The van der Waals surface area contributed by atoms with E-state index in [1.807, 2.05) is 31.2 Å². The van der Waals surface area contributed by atoms with Gasteiger partial charge in [0.2, 0.25) is 5.91 Å². The molecule has 1 heterocycles. The zero-order valence-corrected chi connectivity index (χ0v) is 13.7. The minimum atomic E-state index is -0.479. The van der Waals surface area contributed by atoms with Crippen LogP contribution in [0.25, 0.3) is 6.08 Å². The van der Waals surface area contributed by atoms with Gasteiger partial charge in [0.05, 0.1) is 13.7 Å². The maximum absolute atomic E-state index is 12.5. The number of esters is 1. The van der Waals surface area contributed by atoms with Crippen LogP contribution in [0, 0.1) is 0 Å². The number of methoxy groups -OCH3 is 1. The first-order valence-electron chi connectivity index (χ1n) is 7.95. The lowest BCUT2D eigenvalue weighted by atomic mass is 10.0. The van der Waals surface area contributed by atoms with E-state index >= 15 is 0 Å². The van der Waals surface area contributed by atoms with Crippen molar-refractivity contribution in [2.75, 3.05) is 20.3 Å². The molecule has 23 heavy (non-hydrogen) atoms. The monoisotopic (exact) mass is 317 g/mol. The Morgan fingerprint density at radius 2 is 2.09 bits per heavy atom. The van der Waals surface area contributed by atoms with Crippen molar-refractivity contribution < 1.29 is 19.1 Å². The van der Waals surface area contributed by atoms with Gasteiger partial charge in [0.15, 0.2) is 0 Å². The summed E-state index contributed by atoms with van der Waals surface area (Å²) in [5.41, 5.74) is 0.842. The summed E-state index contributed by atoms with van der Waals surface area (Å²) in [6.07, 6.45) is 5.72. The molecular weight excluding hydrogens is 294 g/mol. The van der Waals surface area contributed by atoms with Crippen LogP contribution < -0.4 is 4.74 Å². The lowest BCUT2D eigenvalue weighted by Crippen LogP contribution is -2.47. The normalized spacial score (nSPS) is 18.0. The van der Waals surface area contributed by atoms with Gasteiger partial charge in [-0.2, -0.15) is 0 Å². The third kappa shape index (κ3) is 4.34. The first-order valence-corrected chi connectivity index (χ1v) is 7.95. The Balaban J connectivity index is 2.12. The van der Waals surface area contributed by atoms with E-state index in [1.165, 1.54) is 13.2 Å². The van der Waals surface area contributed by atoms with Crippen molar-refractivity contribution in [2.24, 2.45) is 0 Å². The van der Waals surface area contributed by atoms with Crippen molar-refractivity contribution in [3.05, 3.63) is 35.9 Å². The highest BCUT2D eigenvalue weighted by Gasteiger charge is 2.31. The van der Waals surface area contributed by atoms with Gasteiger partial charge in [0.25, 0.3) is 0 Å². The average Bonchev–Trinajstić information content (AvgIpc) is 2.60. The maximum atomic E-state index is 12.5. The second kappa shape index (κ2) is 8.36. The van der Waals surface area contributed by atoms with Crippen molar-refractivity contribution in [3.63, 3.8) is 0 Å². The molecular formula is C18H23NO4. The van der Waals surface area contributed by atoms with Crippen molar-refractivity contribution in [2.45, 2.75) is 32.2 Å². The molecule has 1 amide bonds. The van der Waals surface area contributed by atoms with Gasteiger partial charge < -0.3 is 14.4 Å². The minimum absolute atomic E-state index is 0.175. The molecule has 1 aromatic carbocycles. The topological polar surface area (TPSA) is 55.8 Å². The van der Waals surface area contributed by atoms with Crippen LogP contribution in [0.4, 0.5) is 0 Å². The van der Waals surface area contributed by atoms with E-state index in [4.69, 9.17) is 9.47 Å². The second-order valence-corrected chi connectivity index (χ2v) is 5.37. The molecule has 124 valence electrons. The second-order valence-electron chi connectivity index (χ2n) is 5.37. The fourth-order valence-electron chi connectivity index (χ4n) is 2.74. The molecule has 5 nitrogen and oxygen atoms in total. The molecule has 0 saturated carbocycles. The van der Waals surface area contributed by atoms with Gasteiger partial charge in [-0.25, -0.2) is 4.79 Å². The highest BCUT2D eigenvalue weighted by atomic mass is 16.5. The van der Waals surface area contributed by atoms with Gasteiger partial charge in [-0.15, -0.1) is 0 Å². The van der Waals surface area contributed by atoms with Crippen molar-refractivity contribution in [1.82, 2.24) is 4.90 Å². The van der Waals surface area contributed by atoms with Gasteiger partial charge in [-0.1, -0.05) is 18.2 Å². The van der Waals surface area contributed by atoms with Gasteiger partial charge >= 0.3 is 5.97 Å². The molecule has 0 bridgehead atoms. The Morgan fingerprint density at radius 1 is 1.30 bits per heavy atom. The first-order chi connectivity index (χ1) is 11.2. The highest BCUT2D eigenvalue weighted by molar-refractivity contribution is 5.95. The molecule has 2 rings (SSSR count). The number of amides is 1. The number of piperidine rings is 1. The fraction of sp³-hybridized carbons (Fsp3) is 0.444. The van der Waals surface area contributed by atoms with Gasteiger partial charge in [0, 0.05) is 18.2 Å². The molecule has 0 aromatic heterocycles. The number of ether oxygens (including phenoxy) is 2. The zero-order valence-electron chi connectivity index (χ0n) is 13.7. The molecule has 0 aliphatic carbocycles. The highest BCUT2D eigenvalue weighted by Crippen LogP contribution is 2.21. The molecule has 1 saturated heterocycles. The fourth-order valence-corrected chi connectivity index (χ4v) is 2.74. The Hall–Kier alpha value is -2.30. The van der Waals surface area contributed by atoms with E-state index in [-0.39, 0.29) is 11.9 Å². The number of para-hydroxylation sites is 1. The van der Waals surface area contributed by atoms with Gasteiger partial charge in [-0.3, -0.25) is 4.79 Å². The number of carbonyl (C=O) groups is 2. The third-order valence-corrected chi connectivity index (χ3v) is 3.88. The van der Waals surface area contributed by atoms with E-state index in [0.717, 1.165) is 24.2 Å². The van der Waals surface area contributed by atoms with E-state index in [9.17, 15) is 9.59 Å². The van der Waals surface area contributed by atoms with Crippen molar-refractivity contribution in [3.8, 4) is 5.75 Å². The Kier molecular flexibility index (Phi) is 6.20. The minimum Gasteiger partial charge on any atom is -0.493 e. The number of nitrogens with zero attached hydrogens (tertiary/aromatic N) is 1. The molecule has 1 aliphatic heterocycles. The molecule has 1 atom stereocenters. The van der Waals surface area contributed by atoms with Crippen LogP contribution in [-0.4, -0.2) is 43.1 Å². The average molecular weight is 317 g/mol. The maximum Gasteiger partial charge on any atom is 0.328 e. The van der Waals surface area contributed by atoms with E-state index in [0.29, 0.717) is 19.6 Å². The number of rotatable bonds is 5. The predicted octanol–water partition coefficient (Wildman–Crippen LogP) is 2.65. The number of likely N-dealkylation sites (tertiary alicyclic amines) is 1. The van der Waals surface area contributed by atoms with Crippen LogP contribution in [0.2, 0.25) is 0 Å². The largest absolute Gasteiger partial charge is 0.493 e. The summed E-state index contributed by atoms with van der Waals surface area (Å²) in [6.45, 7) is 3.06. The van der Waals surface area contributed by atoms with Crippen molar-refractivity contribution in [1.29, 1.82) is 0 Å². The van der Waals surface area contributed by atoms with Crippen LogP contribution in [0.1, 0.15) is 31.7 Å². The molecule has 0 spiro atoms. The summed E-state index contributed by atoms with van der Waals surface area (Å²) in [7, 11) is 1.35. The van der Waals surface area contributed by atoms with Crippen LogP contribution in [0.3, 0.4) is 0 Å². The van der Waals surface area contributed by atoms with Crippen LogP contribution in [0.5, 0.6) is 5.75 Å². The number of carbonyl (C=O) groups excluding carboxylic acids is 2. The summed E-state index contributed by atoms with van der Waals surface area (Å²) >= 11 is 0. The first kappa shape index (κ1) is 17.1. The van der Waals surface area contributed by atoms with Gasteiger partial charge in [0.1, 0.15) is 11.8 Å². The molecule has 1 aromatic rings. The molecule has 5 heteroatoms. The van der Waals surface area contributed by atoms with Crippen LogP contribution in [0.15, 0.2) is 30.3 Å². The number of hydrogen-bond acceptors (Lipinski definition) is 4. The summed E-state index contributed by atoms with van der Waals surface area (Å²) in [6, 6.07) is 7.06. The number of hydrogen-bond donors (Lipinski definition) is 0. The molecule has 1 fully saturated rings. The van der Waals surface area contributed by atoms with Crippen molar-refractivity contribution >= 4 is 18.0 Å². The Labute approximate surface area is 136 Å². The lowest BCUT2D eigenvalue weighted by Gasteiger charge is -2.32. The predicted molar refractivity (Wildman–Crippen MR) is 88.0 cm³/mol. The summed E-state index contributed by atoms with van der Waals surface area (Å²) in [5.74, 6) is 0.217. The third-order valence-electron chi connectivity index (χ3n) is 3.88. The van der Waals surface area contributed by atoms with Crippen LogP contribution >= 0.6 is 0 Å².